The molecule has 18 heavy (non-hydrogen) atoms. The highest BCUT2D eigenvalue weighted by atomic mass is 35.5. The average Bonchev–Trinajstić information content (AvgIpc) is 2.86. The highest BCUT2D eigenvalue weighted by Gasteiger charge is 2.46. The molecule has 0 saturated heterocycles. The molecule has 0 saturated carbocycles. The number of hydrogen-bond acceptors (Lipinski definition) is 4. The van der Waals surface area contributed by atoms with E-state index in [9.17, 15) is 4.79 Å². The van der Waals surface area contributed by atoms with Crippen molar-refractivity contribution in [1.29, 1.82) is 0 Å². The Morgan fingerprint density at radius 1 is 1.17 bits per heavy atom. The van der Waals surface area contributed by atoms with Gasteiger partial charge in [0.2, 0.25) is 5.60 Å². The van der Waals surface area contributed by atoms with E-state index in [2.05, 4.69) is 0 Å². The molecule has 0 aliphatic carbocycles. The van der Waals surface area contributed by atoms with Gasteiger partial charge in [-0.2, -0.15) is 0 Å². The van der Waals surface area contributed by atoms with Gasteiger partial charge in [-0.15, -0.1) is 0 Å². The van der Waals surface area contributed by atoms with Gasteiger partial charge in [-0.1, -0.05) is 23.2 Å². The van der Waals surface area contributed by atoms with Gasteiger partial charge in [0.15, 0.2) is 11.5 Å². The van der Waals surface area contributed by atoms with Gasteiger partial charge in [0.25, 0.3) is 0 Å². The van der Waals surface area contributed by atoms with Crippen LogP contribution in [0.4, 0.5) is 0 Å². The van der Waals surface area contributed by atoms with Gasteiger partial charge in [-0.25, -0.2) is 0 Å². The maximum Gasteiger partial charge on any atom is 0.304 e. The van der Waals surface area contributed by atoms with Crippen molar-refractivity contribution in [2.75, 3.05) is 13.2 Å². The second-order valence-electron chi connectivity index (χ2n) is 4.29. The first kappa shape index (κ1) is 13.6. The lowest BCUT2D eigenvalue weighted by Gasteiger charge is -2.30. The van der Waals surface area contributed by atoms with Crippen LogP contribution < -0.4 is 0 Å². The van der Waals surface area contributed by atoms with Crippen molar-refractivity contribution in [3.8, 4) is 0 Å². The van der Waals surface area contributed by atoms with Crippen LogP contribution in [0, 0.1) is 0 Å². The molecular formula is C12H14Cl2O4. The summed E-state index contributed by atoms with van der Waals surface area (Å²) in [5, 5.41) is 1.07. The predicted molar refractivity (Wildman–Crippen MR) is 67.1 cm³/mol. The molecule has 0 fully saturated rings. The van der Waals surface area contributed by atoms with Crippen LogP contribution in [-0.2, 0) is 19.0 Å². The first-order chi connectivity index (χ1) is 8.45. The van der Waals surface area contributed by atoms with Crippen LogP contribution in [-0.4, -0.2) is 24.8 Å². The van der Waals surface area contributed by atoms with E-state index in [1.54, 1.807) is 6.92 Å². The fourth-order valence-electron chi connectivity index (χ4n) is 2.15. The predicted octanol–water partition coefficient (Wildman–Crippen LogP) is 3.05. The van der Waals surface area contributed by atoms with Crippen LogP contribution in [0.3, 0.4) is 0 Å². The van der Waals surface area contributed by atoms with E-state index in [1.807, 2.05) is 0 Å². The second kappa shape index (κ2) is 5.02. The molecule has 0 unspecified atom stereocenters. The van der Waals surface area contributed by atoms with Crippen LogP contribution in [0.5, 0.6) is 0 Å². The molecule has 0 N–H and O–H groups in total. The molecule has 0 radical (unpaired) electrons. The number of rotatable bonds is 3. The second-order valence-corrected chi connectivity index (χ2v) is 5.20. The first-order valence-corrected chi connectivity index (χ1v) is 6.44. The summed E-state index contributed by atoms with van der Waals surface area (Å²) in [6.07, 6.45) is 1.19. The van der Waals surface area contributed by atoms with Gasteiger partial charge in [0.1, 0.15) is 0 Å². The molecule has 100 valence electrons. The van der Waals surface area contributed by atoms with E-state index in [0.29, 0.717) is 47.6 Å². The average molecular weight is 293 g/mol. The molecule has 4 nitrogen and oxygen atoms in total. The van der Waals surface area contributed by atoms with Crippen LogP contribution in [0.2, 0.25) is 0 Å². The fraction of sp³-hybridized carbons (Fsp3) is 0.583. The Hall–Kier alpha value is -0.870. The summed E-state index contributed by atoms with van der Waals surface area (Å²) >= 11 is 12.2. The standard InChI is InChI=1S/C12H14Cl2O4/c1-7(15)18-12(2,10-8(13)3-5-16-10)11-9(14)4-6-17-11/h3-6H2,1-2H3. The number of esters is 1. The van der Waals surface area contributed by atoms with Crippen molar-refractivity contribution in [2.45, 2.75) is 32.3 Å². The maximum absolute atomic E-state index is 11.3. The quantitative estimate of drug-likeness (QED) is 0.750. The SMILES string of the molecule is CC(=O)OC(C)(C1=C(Cl)CCO1)C1=C(Cl)CCO1. The third-order valence-corrected chi connectivity index (χ3v) is 3.56. The number of carbonyl (C=O) groups excluding carboxylic acids is 1. The van der Waals surface area contributed by atoms with E-state index in [4.69, 9.17) is 37.4 Å². The molecule has 0 bridgehead atoms. The molecule has 0 aromatic rings. The lowest BCUT2D eigenvalue weighted by molar-refractivity contribution is -0.154. The molecule has 6 heteroatoms. The number of carbonyl (C=O) groups is 1. The maximum atomic E-state index is 11.3. The van der Waals surface area contributed by atoms with Crippen molar-refractivity contribution >= 4 is 29.2 Å². The topological polar surface area (TPSA) is 44.8 Å². The number of ether oxygens (including phenoxy) is 3. The van der Waals surface area contributed by atoms with Crippen molar-refractivity contribution < 1.29 is 19.0 Å². The van der Waals surface area contributed by atoms with Crippen LogP contribution >= 0.6 is 23.2 Å². The highest BCUT2D eigenvalue weighted by molar-refractivity contribution is 6.31. The zero-order chi connectivity index (χ0) is 13.3. The molecule has 0 aromatic heterocycles. The van der Waals surface area contributed by atoms with Crippen molar-refractivity contribution in [3.05, 3.63) is 21.6 Å². The zero-order valence-electron chi connectivity index (χ0n) is 10.2. The molecule has 2 heterocycles. The van der Waals surface area contributed by atoms with E-state index in [0.717, 1.165) is 0 Å². The Morgan fingerprint density at radius 3 is 1.89 bits per heavy atom. The Bertz CT molecular complexity index is 409. The van der Waals surface area contributed by atoms with Gasteiger partial charge in [-0.3, -0.25) is 4.79 Å². The van der Waals surface area contributed by atoms with Gasteiger partial charge < -0.3 is 14.2 Å². The van der Waals surface area contributed by atoms with E-state index in [-0.39, 0.29) is 0 Å². The van der Waals surface area contributed by atoms with Gasteiger partial charge in [-0.05, 0) is 6.92 Å². The highest BCUT2D eigenvalue weighted by Crippen LogP contribution is 2.43. The molecule has 2 aliphatic heterocycles. The van der Waals surface area contributed by atoms with E-state index < -0.39 is 11.6 Å². The van der Waals surface area contributed by atoms with Gasteiger partial charge >= 0.3 is 5.97 Å². The lowest BCUT2D eigenvalue weighted by Crippen LogP contribution is -2.37. The minimum absolute atomic E-state index is 0.411. The number of halogens is 2. The van der Waals surface area contributed by atoms with Crippen LogP contribution in [0.1, 0.15) is 26.7 Å². The first-order valence-electron chi connectivity index (χ1n) is 5.68. The molecule has 0 atom stereocenters. The van der Waals surface area contributed by atoms with Crippen molar-refractivity contribution in [3.63, 3.8) is 0 Å². The molecule has 0 aromatic carbocycles. The summed E-state index contributed by atoms with van der Waals surface area (Å²) < 4.78 is 16.4. The third kappa shape index (κ3) is 2.31. The van der Waals surface area contributed by atoms with Crippen LogP contribution in [0.15, 0.2) is 21.6 Å². The van der Waals surface area contributed by atoms with Gasteiger partial charge in [0, 0.05) is 19.8 Å². The molecule has 0 amide bonds. The normalized spacial score (nSPS) is 20.0. The summed E-state index contributed by atoms with van der Waals surface area (Å²) in [4.78, 5) is 11.3. The Balaban J connectivity index is 2.44. The molecule has 2 rings (SSSR count). The monoisotopic (exact) mass is 292 g/mol. The lowest BCUT2D eigenvalue weighted by atomic mass is 10.00. The molecule has 2 aliphatic rings. The van der Waals surface area contributed by atoms with E-state index >= 15 is 0 Å². The zero-order valence-corrected chi connectivity index (χ0v) is 11.7. The van der Waals surface area contributed by atoms with Crippen molar-refractivity contribution in [1.82, 2.24) is 0 Å². The van der Waals surface area contributed by atoms with Crippen LogP contribution in [0.25, 0.3) is 0 Å². The minimum Gasteiger partial charge on any atom is -0.492 e. The Morgan fingerprint density at radius 2 is 1.61 bits per heavy atom. The number of hydrogen-bond donors (Lipinski definition) is 0. The summed E-state index contributed by atoms with van der Waals surface area (Å²) in [5.41, 5.74) is -1.17. The summed E-state index contributed by atoms with van der Waals surface area (Å²) in [5.74, 6) is 0.376. The Labute approximate surface area is 115 Å². The summed E-state index contributed by atoms with van der Waals surface area (Å²) in [6, 6.07) is 0. The molecule has 0 spiro atoms. The van der Waals surface area contributed by atoms with Crippen molar-refractivity contribution in [2.24, 2.45) is 0 Å². The smallest absolute Gasteiger partial charge is 0.304 e. The largest absolute Gasteiger partial charge is 0.492 e. The minimum atomic E-state index is -1.17. The fourth-order valence-corrected chi connectivity index (χ4v) is 2.77. The Kier molecular flexibility index (Phi) is 3.78. The molecular weight excluding hydrogens is 279 g/mol. The van der Waals surface area contributed by atoms with E-state index in [1.165, 1.54) is 6.92 Å². The van der Waals surface area contributed by atoms with Gasteiger partial charge in [0.05, 0.1) is 23.3 Å². The third-order valence-electron chi connectivity index (χ3n) is 2.84. The summed E-state index contributed by atoms with van der Waals surface area (Å²) in [6.45, 7) is 3.94. The summed E-state index contributed by atoms with van der Waals surface area (Å²) in [7, 11) is 0.